The molecule has 0 aliphatic carbocycles. The van der Waals surface area contributed by atoms with Crippen LogP contribution in [0.1, 0.15) is 44.0 Å². The number of sulfonamides is 1. The molecule has 0 bridgehead atoms. The van der Waals surface area contributed by atoms with E-state index in [2.05, 4.69) is 30.8 Å². The first kappa shape index (κ1) is 26.8. The van der Waals surface area contributed by atoms with Crippen molar-refractivity contribution in [3.05, 3.63) is 72.3 Å². The first-order valence-electron chi connectivity index (χ1n) is 13.0. The molecule has 4 aromatic rings. The number of piperidine rings is 1. The lowest BCUT2D eigenvalue weighted by Crippen LogP contribution is -2.42. The molecule has 1 aliphatic rings. The van der Waals surface area contributed by atoms with Crippen LogP contribution in [-0.4, -0.2) is 53.6 Å². The third kappa shape index (κ3) is 6.44. The number of hydrogen-bond acceptors (Lipinski definition) is 7. The Bertz CT molecular complexity index is 1590. The van der Waals surface area contributed by atoms with E-state index in [1.54, 1.807) is 55.6 Å². The number of nitrogens with zero attached hydrogens (tertiary/aromatic N) is 3. The maximum absolute atomic E-state index is 12.9. The van der Waals surface area contributed by atoms with Gasteiger partial charge in [0.05, 0.1) is 10.6 Å². The zero-order chi connectivity index (χ0) is 27.6. The number of aromatic nitrogens is 3. The van der Waals surface area contributed by atoms with Crippen LogP contribution in [0.25, 0.3) is 16.9 Å². The molecule has 1 fully saturated rings. The van der Waals surface area contributed by atoms with Crippen LogP contribution in [0.4, 0.5) is 11.6 Å². The van der Waals surface area contributed by atoms with Crippen molar-refractivity contribution in [2.45, 2.75) is 50.1 Å². The summed E-state index contributed by atoms with van der Waals surface area (Å²) in [5, 5.41) is 14.2. The third-order valence-corrected chi connectivity index (χ3v) is 8.07. The fourth-order valence-corrected chi connectivity index (χ4v) is 5.99. The number of carbonyl (C=O) groups excluding carboxylic acids is 1. The first-order chi connectivity index (χ1) is 18.6. The molecule has 5 rings (SSSR count). The second-order valence-electron chi connectivity index (χ2n) is 10.7. The van der Waals surface area contributed by atoms with Crippen molar-refractivity contribution in [1.29, 1.82) is 0 Å². The molecule has 2 aromatic heterocycles. The van der Waals surface area contributed by atoms with Crippen LogP contribution in [-0.2, 0) is 10.0 Å². The third-order valence-electron chi connectivity index (χ3n) is 6.32. The number of anilines is 2. The van der Waals surface area contributed by atoms with Gasteiger partial charge in [0, 0.05) is 28.4 Å². The minimum absolute atomic E-state index is 0.0779. The summed E-state index contributed by atoms with van der Waals surface area (Å²) in [5.41, 5.74) is 2.74. The molecule has 1 amide bonds. The van der Waals surface area contributed by atoms with E-state index in [0.717, 1.165) is 31.6 Å². The maximum Gasteiger partial charge on any atom is 0.251 e. The van der Waals surface area contributed by atoms with Gasteiger partial charge in [0.2, 0.25) is 16.0 Å². The molecule has 0 spiro atoms. The molecular formula is C28H33N7O3S. The first-order valence-corrected chi connectivity index (χ1v) is 14.4. The summed E-state index contributed by atoms with van der Waals surface area (Å²) in [6.07, 6.45) is 1.86. The van der Waals surface area contributed by atoms with Crippen molar-refractivity contribution in [2.24, 2.45) is 0 Å². The van der Waals surface area contributed by atoms with E-state index in [0.29, 0.717) is 28.4 Å². The van der Waals surface area contributed by atoms with Crippen molar-refractivity contribution in [2.75, 3.05) is 18.4 Å². The van der Waals surface area contributed by atoms with Crippen LogP contribution >= 0.6 is 0 Å². The minimum Gasteiger partial charge on any atom is -0.349 e. The SMILES string of the molecule is CC(C)(C)NS(=O)(=O)c1cccc(-c2cccc3nc(Nc4ccc(C(=O)NC5CCNCC5)cc4)nn23)c1. The summed E-state index contributed by atoms with van der Waals surface area (Å²) >= 11 is 0. The summed E-state index contributed by atoms with van der Waals surface area (Å²) < 4.78 is 30.1. The van der Waals surface area contributed by atoms with Gasteiger partial charge in [-0.3, -0.25) is 4.79 Å². The highest BCUT2D eigenvalue weighted by molar-refractivity contribution is 7.89. The van der Waals surface area contributed by atoms with Gasteiger partial charge in [-0.15, -0.1) is 5.10 Å². The van der Waals surface area contributed by atoms with Gasteiger partial charge in [-0.05, 0) is 95.2 Å². The summed E-state index contributed by atoms with van der Waals surface area (Å²) in [6.45, 7) is 7.24. The molecule has 1 aliphatic heterocycles. The number of nitrogens with one attached hydrogen (secondary N) is 4. The topological polar surface area (TPSA) is 130 Å². The lowest BCUT2D eigenvalue weighted by atomic mass is 10.1. The maximum atomic E-state index is 12.9. The second kappa shape index (κ2) is 10.8. The van der Waals surface area contributed by atoms with Crippen LogP contribution in [0.2, 0.25) is 0 Å². The number of benzene rings is 2. The van der Waals surface area contributed by atoms with Gasteiger partial charge in [-0.1, -0.05) is 18.2 Å². The number of carbonyl (C=O) groups is 1. The van der Waals surface area contributed by atoms with Crippen LogP contribution in [0.15, 0.2) is 71.6 Å². The highest BCUT2D eigenvalue weighted by Gasteiger charge is 2.23. The molecule has 204 valence electrons. The average molecular weight is 548 g/mol. The summed E-state index contributed by atoms with van der Waals surface area (Å²) in [4.78, 5) is 17.4. The Labute approximate surface area is 228 Å². The molecular weight excluding hydrogens is 514 g/mol. The Hall–Kier alpha value is -3.80. The van der Waals surface area contributed by atoms with Crippen LogP contribution < -0.4 is 20.7 Å². The molecule has 0 saturated carbocycles. The highest BCUT2D eigenvalue weighted by Crippen LogP contribution is 2.25. The van der Waals surface area contributed by atoms with Crippen molar-refractivity contribution in [1.82, 2.24) is 30.0 Å². The molecule has 3 heterocycles. The van der Waals surface area contributed by atoms with E-state index in [1.165, 1.54) is 0 Å². The van der Waals surface area contributed by atoms with Gasteiger partial charge >= 0.3 is 0 Å². The van der Waals surface area contributed by atoms with Crippen LogP contribution in [0.5, 0.6) is 0 Å². The minimum atomic E-state index is -3.69. The van der Waals surface area contributed by atoms with Crippen LogP contribution in [0.3, 0.4) is 0 Å². The summed E-state index contributed by atoms with van der Waals surface area (Å²) in [7, 11) is -3.69. The van der Waals surface area contributed by atoms with Gasteiger partial charge in [0.25, 0.3) is 5.91 Å². The lowest BCUT2D eigenvalue weighted by Gasteiger charge is -2.23. The zero-order valence-corrected chi connectivity index (χ0v) is 23.0. The highest BCUT2D eigenvalue weighted by atomic mass is 32.2. The lowest BCUT2D eigenvalue weighted by molar-refractivity contribution is 0.0929. The Balaban J connectivity index is 1.35. The molecule has 0 radical (unpaired) electrons. The second-order valence-corrected chi connectivity index (χ2v) is 12.4. The van der Waals surface area contributed by atoms with E-state index < -0.39 is 15.6 Å². The number of fused-ring (bicyclic) bond motifs is 1. The normalized spacial score (nSPS) is 14.8. The molecule has 39 heavy (non-hydrogen) atoms. The number of amides is 1. The Kier molecular flexibility index (Phi) is 7.39. The Morgan fingerprint density at radius 1 is 1.00 bits per heavy atom. The molecule has 0 atom stereocenters. The Morgan fingerprint density at radius 3 is 2.44 bits per heavy atom. The number of pyridine rings is 1. The Morgan fingerprint density at radius 2 is 1.72 bits per heavy atom. The van der Waals surface area contributed by atoms with E-state index in [9.17, 15) is 13.2 Å². The summed E-state index contributed by atoms with van der Waals surface area (Å²) in [5.74, 6) is 0.304. The van der Waals surface area contributed by atoms with Crippen molar-refractivity contribution < 1.29 is 13.2 Å². The van der Waals surface area contributed by atoms with Gasteiger partial charge in [0.1, 0.15) is 0 Å². The van der Waals surface area contributed by atoms with Crippen LogP contribution in [0, 0.1) is 0 Å². The predicted octanol–water partition coefficient (Wildman–Crippen LogP) is 3.70. The van der Waals surface area contributed by atoms with Crippen molar-refractivity contribution >= 4 is 33.2 Å². The van der Waals surface area contributed by atoms with Crippen molar-refractivity contribution in [3.8, 4) is 11.3 Å². The number of rotatable bonds is 7. The fraction of sp³-hybridized carbons (Fsp3) is 0.321. The standard InChI is InChI=1S/C28H33N7O3S/c1-28(2,3)34-39(37,38)23-7-4-6-20(18-23)24-8-5-9-25-32-27(33-35(24)25)31-21-12-10-19(11-13-21)26(36)30-22-14-16-29-17-15-22/h4-13,18,22,29,34H,14-17H2,1-3H3,(H,30,36)(H,31,33). The number of hydrogen-bond donors (Lipinski definition) is 4. The quantitative estimate of drug-likeness (QED) is 0.278. The van der Waals surface area contributed by atoms with Gasteiger partial charge in [-0.25, -0.2) is 17.7 Å². The van der Waals surface area contributed by atoms with E-state index >= 15 is 0 Å². The molecule has 0 unspecified atom stereocenters. The zero-order valence-electron chi connectivity index (χ0n) is 22.2. The molecule has 4 N–H and O–H groups in total. The van der Waals surface area contributed by atoms with Gasteiger partial charge in [0.15, 0.2) is 5.65 Å². The fourth-order valence-electron chi connectivity index (χ4n) is 4.53. The average Bonchev–Trinajstić information content (AvgIpc) is 3.31. The molecule has 2 aromatic carbocycles. The van der Waals surface area contributed by atoms with E-state index in [1.807, 2.05) is 36.4 Å². The predicted molar refractivity (Wildman–Crippen MR) is 152 cm³/mol. The summed E-state index contributed by atoms with van der Waals surface area (Å²) in [6, 6.07) is 19.7. The van der Waals surface area contributed by atoms with Crippen molar-refractivity contribution in [3.63, 3.8) is 0 Å². The monoisotopic (exact) mass is 547 g/mol. The van der Waals surface area contributed by atoms with E-state index in [4.69, 9.17) is 0 Å². The largest absolute Gasteiger partial charge is 0.349 e. The van der Waals surface area contributed by atoms with Gasteiger partial charge < -0.3 is 16.0 Å². The van der Waals surface area contributed by atoms with E-state index in [-0.39, 0.29) is 16.8 Å². The molecule has 10 nitrogen and oxygen atoms in total. The molecule has 1 saturated heterocycles. The smallest absolute Gasteiger partial charge is 0.251 e. The molecule has 11 heteroatoms. The van der Waals surface area contributed by atoms with Gasteiger partial charge in [-0.2, -0.15) is 4.98 Å².